The Bertz CT molecular complexity index is 2180. The van der Waals surface area contributed by atoms with Gasteiger partial charge >= 0.3 is 12.4 Å². The van der Waals surface area contributed by atoms with Crippen molar-refractivity contribution in [2.24, 2.45) is 0 Å². The molecule has 0 aliphatic rings. The van der Waals surface area contributed by atoms with Gasteiger partial charge in [0.2, 0.25) is 0 Å². The smallest absolute Gasteiger partial charge is 0.256 e. The van der Waals surface area contributed by atoms with Crippen LogP contribution in [-0.2, 0) is 12.4 Å². The molecule has 2 nitrogen and oxygen atoms in total. The number of fused-ring (bicyclic) bond motifs is 2. The van der Waals surface area contributed by atoms with E-state index in [1.54, 1.807) is 24.5 Å². The maximum absolute atomic E-state index is 13.3. The predicted octanol–water partition coefficient (Wildman–Crippen LogP) is 11.5. The fraction of sp³-hybridized carbons (Fsp3) is 0.0526. The van der Waals surface area contributed by atoms with E-state index in [1.165, 1.54) is 12.1 Å². The Hall–Kier alpha value is -5.50. The van der Waals surface area contributed by atoms with Crippen molar-refractivity contribution in [2.75, 3.05) is 0 Å². The molecule has 0 radical (unpaired) electrons. The largest absolute Gasteiger partial charge is 0.416 e. The second-order valence-electron chi connectivity index (χ2n) is 11.0. The lowest BCUT2D eigenvalue weighted by molar-refractivity contribution is -0.143. The highest BCUT2D eigenvalue weighted by Gasteiger charge is 2.37. The van der Waals surface area contributed by atoms with E-state index in [4.69, 9.17) is 0 Å². The van der Waals surface area contributed by atoms with Gasteiger partial charge in [0.1, 0.15) is 0 Å². The van der Waals surface area contributed by atoms with Crippen molar-refractivity contribution in [3.63, 3.8) is 0 Å². The van der Waals surface area contributed by atoms with Crippen LogP contribution in [0, 0.1) is 0 Å². The van der Waals surface area contributed by atoms with E-state index in [9.17, 15) is 26.3 Å². The molecule has 0 spiro atoms. The van der Waals surface area contributed by atoms with Gasteiger partial charge in [-0.05, 0) is 69.8 Å². The fourth-order valence-electron chi connectivity index (χ4n) is 5.61. The zero-order chi connectivity index (χ0) is 32.1. The number of rotatable bonds is 4. The molecule has 5 aromatic carbocycles. The molecule has 0 aliphatic carbocycles. The first-order valence-electron chi connectivity index (χ1n) is 14.3. The molecule has 0 aliphatic heterocycles. The van der Waals surface area contributed by atoms with Crippen molar-refractivity contribution in [1.29, 1.82) is 0 Å². The molecule has 0 fully saturated rings. The lowest BCUT2D eigenvalue weighted by Gasteiger charge is -2.14. The molecule has 0 bridgehead atoms. The van der Waals surface area contributed by atoms with E-state index in [1.807, 2.05) is 42.5 Å². The van der Waals surface area contributed by atoms with E-state index in [-0.39, 0.29) is 17.2 Å². The van der Waals surface area contributed by atoms with Crippen molar-refractivity contribution in [3.05, 3.63) is 145 Å². The molecule has 0 amide bonds. The molecule has 46 heavy (non-hydrogen) atoms. The van der Waals surface area contributed by atoms with Gasteiger partial charge in [0.15, 0.2) is 0 Å². The van der Waals surface area contributed by atoms with E-state index >= 15 is 0 Å². The summed E-state index contributed by atoms with van der Waals surface area (Å²) in [7, 11) is 0. The van der Waals surface area contributed by atoms with Gasteiger partial charge < -0.3 is 0 Å². The summed E-state index contributed by atoms with van der Waals surface area (Å²) in [6.45, 7) is 0. The highest BCUT2D eigenvalue weighted by molar-refractivity contribution is 5.94. The molecule has 0 atom stereocenters. The molecule has 2 heterocycles. The number of nitrogens with zero attached hydrogens (tertiary/aromatic N) is 2. The third-order valence-electron chi connectivity index (χ3n) is 7.99. The van der Waals surface area contributed by atoms with Crippen LogP contribution in [0.5, 0.6) is 0 Å². The minimum Gasteiger partial charge on any atom is -0.256 e. The average molecular weight is 621 g/mol. The monoisotopic (exact) mass is 620 g/mol. The zero-order valence-electron chi connectivity index (χ0n) is 23.9. The standard InChI is InChI=1S/C38H22F6N2/c39-37(40,41)32-18-30(19-33(21-32)38(42,43)44)24-8-6-23(7-9-24)28-14-15-29-17-31(22-46-35(29)20-28)25-10-12-26(13-11-25)34-5-1-3-27-4-2-16-45-36(27)34/h1-22H. The Labute approximate surface area is 259 Å². The topological polar surface area (TPSA) is 25.8 Å². The van der Waals surface area contributed by atoms with Crippen LogP contribution in [0.15, 0.2) is 134 Å². The van der Waals surface area contributed by atoms with E-state index < -0.39 is 23.5 Å². The molecule has 226 valence electrons. The number of hydrogen-bond acceptors (Lipinski definition) is 2. The molecule has 7 aromatic rings. The Morgan fingerprint density at radius 2 is 0.978 bits per heavy atom. The van der Waals surface area contributed by atoms with Gasteiger partial charge in [0.25, 0.3) is 0 Å². The minimum atomic E-state index is -4.91. The second kappa shape index (κ2) is 11.1. The Morgan fingerprint density at radius 1 is 0.413 bits per heavy atom. The summed E-state index contributed by atoms with van der Waals surface area (Å²) in [6.07, 6.45) is -6.23. The first kappa shape index (κ1) is 29.2. The van der Waals surface area contributed by atoms with Crippen molar-refractivity contribution in [3.8, 4) is 44.5 Å². The van der Waals surface area contributed by atoms with Gasteiger partial charge in [0.05, 0.1) is 22.2 Å². The SMILES string of the molecule is FC(F)(F)c1cc(-c2ccc(-c3ccc4cc(-c5ccc(-c6cccc7cccnc67)cc5)cnc4c3)cc2)cc(C(F)(F)F)c1. The van der Waals surface area contributed by atoms with Crippen LogP contribution in [0.2, 0.25) is 0 Å². The van der Waals surface area contributed by atoms with Gasteiger partial charge in [-0.25, -0.2) is 0 Å². The van der Waals surface area contributed by atoms with Crippen LogP contribution in [0.4, 0.5) is 26.3 Å². The van der Waals surface area contributed by atoms with E-state index in [2.05, 4.69) is 46.4 Å². The van der Waals surface area contributed by atoms with Gasteiger partial charge in [0, 0.05) is 34.3 Å². The Balaban J connectivity index is 1.15. The van der Waals surface area contributed by atoms with Gasteiger partial charge in [-0.15, -0.1) is 0 Å². The lowest BCUT2D eigenvalue weighted by atomic mass is 9.96. The third kappa shape index (κ3) is 5.70. The molecule has 0 saturated carbocycles. The molecular formula is C38H22F6N2. The van der Waals surface area contributed by atoms with Crippen molar-refractivity contribution >= 4 is 21.8 Å². The maximum Gasteiger partial charge on any atom is 0.416 e. The van der Waals surface area contributed by atoms with E-state index in [0.29, 0.717) is 0 Å². The molecule has 0 unspecified atom stereocenters. The number of hydrogen-bond donors (Lipinski definition) is 0. The number of para-hydroxylation sites is 1. The molecule has 0 saturated heterocycles. The van der Waals surface area contributed by atoms with Crippen molar-refractivity contribution in [2.45, 2.75) is 12.4 Å². The summed E-state index contributed by atoms with van der Waals surface area (Å²) in [4.78, 5) is 9.23. The molecule has 2 aromatic heterocycles. The van der Waals surface area contributed by atoms with Crippen LogP contribution in [0.25, 0.3) is 66.3 Å². The van der Waals surface area contributed by atoms with Crippen LogP contribution in [-0.4, -0.2) is 9.97 Å². The van der Waals surface area contributed by atoms with Gasteiger partial charge in [-0.1, -0.05) is 84.9 Å². The Kier molecular flexibility index (Phi) is 7.08. The number of aromatic nitrogens is 2. The van der Waals surface area contributed by atoms with E-state index in [0.717, 1.165) is 67.3 Å². The number of alkyl halides is 6. The van der Waals surface area contributed by atoms with Crippen LogP contribution in [0.3, 0.4) is 0 Å². The van der Waals surface area contributed by atoms with Crippen LogP contribution >= 0.6 is 0 Å². The molecule has 7 rings (SSSR count). The number of pyridine rings is 2. The van der Waals surface area contributed by atoms with Crippen molar-refractivity contribution < 1.29 is 26.3 Å². The molecule has 0 N–H and O–H groups in total. The molecule has 8 heteroatoms. The first-order valence-corrected chi connectivity index (χ1v) is 14.3. The minimum absolute atomic E-state index is 0.129. The Morgan fingerprint density at radius 3 is 1.63 bits per heavy atom. The summed E-state index contributed by atoms with van der Waals surface area (Å²) in [5.74, 6) is 0. The summed E-state index contributed by atoms with van der Waals surface area (Å²) in [5.41, 5.74) is 4.72. The number of benzene rings is 5. The summed E-state index contributed by atoms with van der Waals surface area (Å²) in [5, 5.41) is 2.00. The maximum atomic E-state index is 13.3. The first-order chi connectivity index (χ1) is 22.0. The van der Waals surface area contributed by atoms with Gasteiger partial charge in [-0.3, -0.25) is 9.97 Å². The second-order valence-corrected chi connectivity index (χ2v) is 11.0. The quantitative estimate of drug-likeness (QED) is 0.183. The summed E-state index contributed by atoms with van der Waals surface area (Å²) in [6, 6.07) is 34.1. The highest BCUT2D eigenvalue weighted by Crippen LogP contribution is 2.39. The molecular weight excluding hydrogens is 598 g/mol. The van der Waals surface area contributed by atoms with Crippen LogP contribution in [0.1, 0.15) is 11.1 Å². The summed E-state index contributed by atoms with van der Waals surface area (Å²) < 4.78 is 80.0. The van der Waals surface area contributed by atoms with Crippen LogP contribution < -0.4 is 0 Å². The average Bonchev–Trinajstić information content (AvgIpc) is 3.07. The fourth-order valence-corrected chi connectivity index (χ4v) is 5.61. The zero-order valence-corrected chi connectivity index (χ0v) is 23.9. The number of halogens is 6. The normalized spacial score (nSPS) is 12.1. The highest BCUT2D eigenvalue weighted by atomic mass is 19.4. The summed E-state index contributed by atoms with van der Waals surface area (Å²) >= 11 is 0. The lowest BCUT2D eigenvalue weighted by Crippen LogP contribution is -2.11. The van der Waals surface area contributed by atoms with Gasteiger partial charge in [-0.2, -0.15) is 26.3 Å². The predicted molar refractivity (Wildman–Crippen MR) is 169 cm³/mol. The third-order valence-corrected chi connectivity index (χ3v) is 7.99. The van der Waals surface area contributed by atoms with Crippen molar-refractivity contribution in [1.82, 2.24) is 9.97 Å².